The molecule has 36 heavy (non-hydrogen) atoms. The number of rotatable bonds is 9. The molecule has 2 N–H and O–H groups in total. The normalized spacial score (nSPS) is 18.6. The lowest BCUT2D eigenvalue weighted by molar-refractivity contribution is 0.0240. The minimum Gasteiger partial charge on any atom is -0.487 e. The summed E-state index contributed by atoms with van der Waals surface area (Å²) >= 11 is 0. The zero-order valence-electron chi connectivity index (χ0n) is 20.3. The second-order valence-corrected chi connectivity index (χ2v) is 9.14. The lowest BCUT2D eigenvalue weighted by atomic mass is 9.99. The number of aliphatic imine (C=N–C) groups is 1. The zero-order chi connectivity index (χ0) is 24.7. The van der Waals surface area contributed by atoms with Crippen LogP contribution in [0.4, 0.5) is 4.39 Å². The number of pyridine rings is 1. The lowest BCUT2D eigenvalue weighted by Gasteiger charge is -2.25. The van der Waals surface area contributed by atoms with Crippen molar-refractivity contribution in [1.82, 2.24) is 14.9 Å². The molecule has 190 valence electrons. The third kappa shape index (κ3) is 5.80. The fourth-order valence-electron chi connectivity index (χ4n) is 4.62. The van der Waals surface area contributed by atoms with Gasteiger partial charge >= 0.3 is 0 Å². The first-order valence-corrected chi connectivity index (χ1v) is 12.5. The van der Waals surface area contributed by atoms with Crippen molar-refractivity contribution in [1.29, 1.82) is 5.41 Å². The van der Waals surface area contributed by atoms with Gasteiger partial charge in [0, 0.05) is 68.2 Å². The van der Waals surface area contributed by atoms with E-state index in [1.165, 1.54) is 12.3 Å². The van der Waals surface area contributed by atoms with E-state index < -0.39 is 0 Å². The largest absolute Gasteiger partial charge is 0.487 e. The summed E-state index contributed by atoms with van der Waals surface area (Å²) in [5, 5.41) is 8.80. The van der Waals surface area contributed by atoms with E-state index in [2.05, 4.69) is 19.9 Å². The van der Waals surface area contributed by atoms with E-state index in [9.17, 15) is 4.39 Å². The Balaban J connectivity index is 1.30. The van der Waals surface area contributed by atoms with Crippen molar-refractivity contribution in [3.8, 4) is 16.9 Å². The first-order chi connectivity index (χ1) is 17.7. The van der Waals surface area contributed by atoms with Gasteiger partial charge in [-0.05, 0) is 29.3 Å². The zero-order valence-corrected chi connectivity index (χ0v) is 20.3. The highest BCUT2D eigenvalue weighted by Gasteiger charge is 2.18. The third-order valence-corrected chi connectivity index (χ3v) is 6.74. The van der Waals surface area contributed by atoms with Gasteiger partial charge in [-0.1, -0.05) is 6.07 Å². The van der Waals surface area contributed by atoms with Gasteiger partial charge in [0.25, 0.3) is 0 Å². The Morgan fingerprint density at radius 1 is 1.19 bits per heavy atom. The van der Waals surface area contributed by atoms with Gasteiger partial charge in [-0.3, -0.25) is 9.89 Å². The quantitative estimate of drug-likeness (QED) is 0.438. The summed E-state index contributed by atoms with van der Waals surface area (Å²) in [6.45, 7) is 6.25. The van der Waals surface area contributed by atoms with E-state index in [1.54, 1.807) is 12.3 Å². The van der Waals surface area contributed by atoms with Crippen molar-refractivity contribution < 1.29 is 18.6 Å². The number of fused-ring (bicyclic) bond motifs is 1. The molecular formula is C27H32FN5O3. The molecule has 4 heterocycles. The average Bonchev–Trinajstić information content (AvgIpc) is 3.34. The standard InChI is InChI=1S/C27H32FN5O3/c28-25-14-19(1-2-26(25)36-22-3-9-34-10-4-22)24-18-32-27-23(24)13-20(17-31-27)21(15-29)16-30-5-6-33-7-11-35-12-8-33/h1-2,13-18,21-22,29H,3-12H2,(H,31,32). The molecule has 1 aromatic carbocycles. The maximum Gasteiger partial charge on any atom is 0.165 e. The number of aromatic amines is 1. The van der Waals surface area contributed by atoms with Gasteiger partial charge in [0.2, 0.25) is 0 Å². The second kappa shape index (κ2) is 11.7. The summed E-state index contributed by atoms with van der Waals surface area (Å²) in [5.41, 5.74) is 3.17. The van der Waals surface area contributed by atoms with Crippen LogP contribution in [0.25, 0.3) is 22.2 Å². The number of nitrogens with one attached hydrogen (secondary N) is 2. The van der Waals surface area contributed by atoms with Crippen LogP contribution < -0.4 is 4.74 Å². The first kappa shape index (κ1) is 24.5. The lowest BCUT2D eigenvalue weighted by Crippen LogP contribution is -2.37. The highest BCUT2D eigenvalue weighted by Crippen LogP contribution is 2.32. The predicted octanol–water partition coefficient (Wildman–Crippen LogP) is 4.06. The molecule has 3 aromatic rings. The maximum atomic E-state index is 14.9. The van der Waals surface area contributed by atoms with Crippen LogP contribution in [-0.4, -0.2) is 86.0 Å². The van der Waals surface area contributed by atoms with Crippen LogP contribution >= 0.6 is 0 Å². The minimum atomic E-state index is -0.387. The van der Waals surface area contributed by atoms with Gasteiger partial charge in [0.05, 0.1) is 38.9 Å². The van der Waals surface area contributed by atoms with Gasteiger partial charge in [0.1, 0.15) is 11.8 Å². The smallest absolute Gasteiger partial charge is 0.165 e. The molecule has 0 saturated carbocycles. The number of hydrogen-bond donors (Lipinski definition) is 2. The Hall–Kier alpha value is -3.14. The van der Waals surface area contributed by atoms with Gasteiger partial charge in [-0.2, -0.15) is 0 Å². The molecule has 5 rings (SSSR count). The van der Waals surface area contributed by atoms with Crippen molar-refractivity contribution >= 4 is 23.5 Å². The fourth-order valence-corrected chi connectivity index (χ4v) is 4.62. The molecule has 0 amide bonds. The molecule has 2 fully saturated rings. The molecule has 2 aliphatic rings. The van der Waals surface area contributed by atoms with Gasteiger partial charge in [-0.15, -0.1) is 0 Å². The molecule has 9 heteroatoms. The monoisotopic (exact) mass is 493 g/mol. The SMILES string of the molecule is N=CC(C=NCCN1CCOCC1)c1cnc2[nH]cc(-c3ccc(OC4CCOCC4)c(F)c3)c2c1. The van der Waals surface area contributed by atoms with Gasteiger partial charge in [-0.25, -0.2) is 9.37 Å². The van der Waals surface area contributed by atoms with Crippen LogP contribution in [0.1, 0.15) is 24.3 Å². The topological polar surface area (TPSA) is 95.8 Å². The number of benzene rings is 1. The second-order valence-electron chi connectivity index (χ2n) is 9.14. The number of halogens is 1. The Kier molecular flexibility index (Phi) is 8.00. The van der Waals surface area contributed by atoms with E-state index in [0.29, 0.717) is 25.4 Å². The van der Waals surface area contributed by atoms with Crippen LogP contribution in [0.15, 0.2) is 41.7 Å². The van der Waals surface area contributed by atoms with E-state index in [0.717, 1.165) is 67.8 Å². The Morgan fingerprint density at radius 3 is 2.78 bits per heavy atom. The molecule has 2 saturated heterocycles. The van der Waals surface area contributed by atoms with Gasteiger partial charge < -0.3 is 24.6 Å². The summed E-state index contributed by atoms with van der Waals surface area (Å²) in [6, 6.07) is 7.07. The molecule has 0 bridgehead atoms. The predicted molar refractivity (Wildman–Crippen MR) is 138 cm³/mol. The highest BCUT2D eigenvalue weighted by molar-refractivity contribution is 5.96. The number of morpholine rings is 1. The fraction of sp³-hybridized carbons (Fsp3) is 0.444. The van der Waals surface area contributed by atoms with Crippen molar-refractivity contribution in [3.05, 3.63) is 48.0 Å². The summed E-state index contributed by atoms with van der Waals surface area (Å²) in [7, 11) is 0. The highest BCUT2D eigenvalue weighted by atomic mass is 19.1. The summed E-state index contributed by atoms with van der Waals surface area (Å²) in [5.74, 6) is -0.398. The number of hydrogen-bond acceptors (Lipinski definition) is 7. The van der Waals surface area contributed by atoms with Crippen LogP contribution in [0, 0.1) is 11.2 Å². The van der Waals surface area contributed by atoms with Crippen molar-refractivity contribution in [3.63, 3.8) is 0 Å². The number of aromatic nitrogens is 2. The minimum absolute atomic E-state index is 0.0208. The van der Waals surface area contributed by atoms with Crippen LogP contribution in [0.3, 0.4) is 0 Å². The van der Waals surface area contributed by atoms with Gasteiger partial charge in [0.15, 0.2) is 11.6 Å². The van der Waals surface area contributed by atoms with Crippen molar-refractivity contribution in [2.24, 2.45) is 4.99 Å². The number of ether oxygens (including phenoxy) is 3. The summed E-state index contributed by atoms with van der Waals surface area (Å²) in [6.07, 6.45) is 8.29. The molecule has 0 radical (unpaired) electrons. The molecule has 2 aromatic heterocycles. The van der Waals surface area contributed by atoms with E-state index in [4.69, 9.17) is 19.6 Å². The molecule has 2 aliphatic heterocycles. The third-order valence-electron chi connectivity index (χ3n) is 6.74. The molecular weight excluding hydrogens is 461 g/mol. The first-order valence-electron chi connectivity index (χ1n) is 12.5. The van der Waals surface area contributed by atoms with Crippen molar-refractivity contribution in [2.75, 3.05) is 52.6 Å². The molecule has 1 unspecified atom stereocenters. The van der Waals surface area contributed by atoms with Crippen molar-refractivity contribution in [2.45, 2.75) is 24.9 Å². The van der Waals surface area contributed by atoms with Crippen LogP contribution in [0.5, 0.6) is 5.75 Å². The number of H-pyrrole nitrogens is 1. The van der Waals surface area contributed by atoms with E-state index >= 15 is 0 Å². The average molecular weight is 494 g/mol. The molecule has 0 spiro atoms. The van der Waals surface area contributed by atoms with E-state index in [1.807, 2.05) is 24.5 Å². The summed E-state index contributed by atoms with van der Waals surface area (Å²) < 4.78 is 31.5. The van der Waals surface area contributed by atoms with Crippen LogP contribution in [-0.2, 0) is 9.47 Å². The Bertz CT molecular complexity index is 1200. The molecule has 1 atom stereocenters. The maximum absolute atomic E-state index is 14.9. The number of nitrogens with zero attached hydrogens (tertiary/aromatic N) is 3. The summed E-state index contributed by atoms with van der Waals surface area (Å²) in [4.78, 5) is 14.6. The molecule has 8 nitrogen and oxygen atoms in total. The molecule has 0 aliphatic carbocycles. The Labute approximate surface area is 210 Å². The Morgan fingerprint density at radius 2 is 2.00 bits per heavy atom. The van der Waals surface area contributed by atoms with Crippen LogP contribution in [0.2, 0.25) is 0 Å². The van der Waals surface area contributed by atoms with E-state index in [-0.39, 0.29) is 23.6 Å².